The van der Waals surface area contributed by atoms with Gasteiger partial charge >= 0.3 is 0 Å². The summed E-state index contributed by atoms with van der Waals surface area (Å²) in [5.74, 6) is 0. The zero-order valence-electron chi connectivity index (χ0n) is 8.50. The minimum Gasteiger partial charge on any atom is -0.380 e. The highest BCUT2D eigenvalue weighted by Crippen LogP contribution is 2.23. The van der Waals surface area contributed by atoms with E-state index >= 15 is 0 Å². The molecule has 0 bridgehead atoms. The first-order valence-electron chi connectivity index (χ1n) is 4.32. The number of hydrogen-bond donors (Lipinski definition) is 1. The van der Waals surface area contributed by atoms with Crippen LogP contribution in [0.3, 0.4) is 0 Å². The van der Waals surface area contributed by atoms with E-state index in [-0.39, 0.29) is 6.10 Å². The molecule has 5 heteroatoms. The first-order chi connectivity index (χ1) is 6.69. The fourth-order valence-corrected chi connectivity index (χ4v) is 1.69. The number of nitrogens with one attached hydrogen (secondary N) is 1. The number of nitrogens with zero attached hydrogens (tertiary/aromatic N) is 2. The van der Waals surface area contributed by atoms with E-state index in [2.05, 4.69) is 15.8 Å². The van der Waals surface area contributed by atoms with Gasteiger partial charge in [-0.2, -0.15) is 9.64 Å². The second-order valence-corrected chi connectivity index (χ2v) is 3.78. The van der Waals surface area contributed by atoms with Crippen molar-refractivity contribution in [3.05, 3.63) is 11.3 Å². The molecule has 0 spiro atoms. The molecular formula is C9H13N3OS. The van der Waals surface area contributed by atoms with E-state index in [4.69, 9.17) is 10.00 Å². The Hall–Kier alpha value is -1.12. The zero-order valence-corrected chi connectivity index (χ0v) is 9.31. The summed E-state index contributed by atoms with van der Waals surface area (Å²) in [6.45, 7) is 4.49. The van der Waals surface area contributed by atoms with Crippen molar-refractivity contribution in [3.63, 3.8) is 0 Å². The van der Waals surface area contributed by atoms with Crippen molar-refractivity contribution in [2.24, 2.45) is 0 Å². The minimum atomic E-state index is 0.129. The maximum atomic E-state index is 8.86. The fourth-order valence-electron chi connectivity index (χ4n) is 0.942. The first-order valence-corrected chi connectivity index (χ1v) is 5.09. The van der Waals surface area contributed by atoms with Crippen LogP contribution >= 0.6 is 11.5 Å². The van der Waals surface area contributed by atoms with Gasteiger partial charge in [-0.3, -0.25) is 0 Å². The third-order valence-electron chi connectivity index (χ3n) is 1.93. The molecular weight excluding hydrogens is 198 g/mol. The molecule has 0 aliphatic rings. The fraction of sp³-hybridized carbons (Fsp3) is 0.556. The molecule has 0 saturated carbocycles. The SMILES string of the molecule is COC(C)CNc1snc(C)c1C#N. The van der Waals surface area contributed by atoms with Gasteiger partial charge in [0.15, 0.2) is 0 Å². The number of aryl methyl sites for hydroxylation is 1. The summed E-state index contributed by atoms with van der Waals surface area (Å²) in [5, 5.41) is 12.8. The van der Waals surface area contributed by atoms with Crippen molar-refractivity contribution in [2.75, 3.05) is 19.0 Å². The van der Waals surface area contributed by atoms with Crippen molar-refractivity contribution in [3.8, 4) is 6.07 Å². The van der Waals surface area contributed by atoms with Crippen molar-refractivity contribution in [2.45, 2.75) is 20.0 Å². The lowest BCUT2D eigenvalue weighted by molar-refractivity contribution is 0.129. The van der Waals surface area contributed by atoms with E-state index in [0.717, 1.165) is 10.7 Å². The molecule has 1 heterocycles. The molecule has 1 aromatic rings. The Balaban J connectivity index is 2.64. The third kappa shape index (κ3) is 2.44. The van der Waals surface area contributed by atoms with Gasteiger partial charge in [-0.05, 0) is 25.4 Å². The summed E-state index contributed by atoms with van der Waals surface area (Å²) in [6.07, 6.45) is 0.129. The van der Waals surface area contributed by atoms with Crippen LogP contribution < -0.4 is 5.32 Å². The van der Waals surface area contributed by atoms with Crippen LogP contribution in [0.25, 0.3) is 0 Å². The molecule has 1 N–H and O–H groups in total. The summed E-state index contributed by atoms with van der Waals surface area (Å²) in [7, 11) is 1.66. The predicted octanol–water partition coefficient (Wildman–Crippen LogP) is 1.77. The molecule has 0 radical (unpaired) electrons. The van der Waals surface area contributed by atoms with Crippen LogP contribution in [0.1, 0.15) is 18.2 Å². The third-order valence-corrected chi connectivity index (χ3v) is 2.82. The van der Waals surface area contributed by atoms with E-state index in [9.17, 15) is 0 Å². The van der Waals surface area contributed by atoms with Gasteiger partial charge in [-0.25, -0.2) is 0 Å². The standard InChI is InChI=1S/C9H13N3OS/c1-6(13-3)5-11-9-8(4-10)7(2)12-14-9/h6,11H,5H2,1-3H3. The predicted molar refractivity (Wildman–Crippen MR) is 56.5 cm³/mol. The summed E-state index contributed by atoms with van der Waals surface area (Å²) in [6, 6.07) is 2.13. The van der Waals surface area contributed by atoms with Crippen LogP contribution in [0.4, 0.5) is 5.00 Å². The van der Waals surface area contributed by atoms with Crippen LogP contribution in [-0.4, -0.2) is 24.1 Å². The summed E-state index contributed by atoms with van der Waals surface area (Å²) >= 11 is 1.31. The van der Waals surface area contributed by atoms with Crippen LogP contribution in [0.15, 0.2) is 0 Å². The molecule has 1 unspecified atom stereocenters. The van der Waals surface area contributed by atoms with Gasteiger partial charge in [-0.1, -0.05) is 0 Å². The van der Waals surface area contributed by atoms with E-state index in [1.54, 1.807) is 7.11 Å². The van der Waals surface area contributed by atoms with Crippen molar-refractivity contribution in [1.82, 2.24) is 4.37 Å². The Morgan fingerprint density at radius 3 is 3.00 bits per heavy atom. The molecule has 76 valence electrons. The van der Waals surface area contributed by atoms with Crippen LogP contribution in [0.2, 0.25) is 0 Å². The van der Waals surface area contributed by atoms with E-state index < -0.39 is 0 Å². The van der Waals surface area contributed by atoms with Gasteiger partial charge in [0, 0.05) is 13.7 Å². The Kier molecular flexibility index (Phi) is 3.86. The lowest BCUT2D eigenvalue weighted by Crippen LogP contribution is -2.17. The largest absolute Gasteiger partial charge is 0.380 e. The van der Waals surface area contributed by atoms with Gasteiger partial charge in [0.25, 0.3) is 0 Å². The number of anilines is 1. The highest BCUT2D eigenvalue weighted by Gasteiger charge is 2.10. The van der Waals surface area contributed by atoms with Crippen LogP contribution in [-0.2, 0) is 4.74 Å². The van der Waals surface area contributed by atoms with Crippen molar-refractivity contribution >= 4 is 16.5 Å². The zero-order chi connectivity index (χ0) is 10.6. The molecule has 1 aromatic heterocycles. The summed E-state index contributed by atoms with van der Waals surface area (Å²) < 4.78 is 9.20. The lowest BCUT2D eigenvalue weighted by Gasteiger charge is -2.09. The summed E-state index contributed by atoms with van der Waals surface area (Å²) in [5.41, 5.74) is 1.42. The second-order valence-electron chi connectivity index (χ2n) is 3.01. The average Bonchev–Trinajstić information content (AvgIpc) is 2.55. The molecule has 14 heavy (non-hydrogen) atoms. The second kappa shape index (κ2) is 4.94. The molecule has 0 fully saturated rings. The van der Waals surface area contributed by atoms with Gasteiger partial charge in [0.2, 0.25) is 0 Å². The normalized spacial score (nSPS) is 12.1. The van der Waals surface area contributed by atoms with E-state index in [0.29, 0.717) is 12.1 Å². The van der Waals surface area contributed by atoms with Crippen LogP contribution in [0, 0.1) is 18.3 Å². The van der Waals surface area contributed by atoms with E-state index in [1.165, 1.54) is 11.5 Å². The van der Waals surface area contributed by atoms with E-state index in [1.807, 2.05) is 13.8 Å². The molecule has 1 rings (SSSR count). The quantitative estimate of drug-likeness (QED) is 0.824. The number of ether oxygens (including phenoxy) is 1. The van der Waals surface area contributed by atoms with Gasteiger partial charge in [0.05, 0.1) is 11.8 Å². The summed E-state index contributed by atoms with van der Waals surface area (Å²) in [4.78, 5) is 0. The molecule has 0 amide bonds. The van der Waals surface area contributed by atoms with Crippen molar-refractivity contribution in [1.29, 1.82) is 5.26 Å². The number of rotatable bonds is 4. The Morgan fingerprint density at radius 1 is 1.71 bits per heavy atom. The molecule has 0 saturated heterocycles. The number of nitriles is 1. The average molecular weight is 211 g/mol. The number of aromatic nitrogens is 1. The first kappa shape index (κ1) is 11.0. The molecule has 0 aliphatic heterocycles. The maximum absolute atomic E-state index is 8.86. The molecule has 4 nitrogen and oxygen atoms in total. The Bertz CT molecular complexity index is 342. The van der Waals surface area contributed by atoms with Crippen LogP contribution in [0.5, 0.6) is 0 Å². The maximum Gasteiger partial charge on any atom is 0.127 e. The monoisotopic (exact) mass is 211 g/mol. The van der Waals surface area contributed by atoms with Gasteiger partial charge < -0.3 is 10.1 Å². The smallest absolute Gasteiger partial charge is 0.127 e. The number of methoxy groups -OCH3 is 1. The minimum absolute atomic E-state index is 0.129. The Labute approximate surface area is 87.7 Å². The molecule has 1 atom stereocenters. The highest BCUT2D eigenvalue weighted by molar-refractivity contribution is 7.10. The lowest BCUT2D eigenvalue weighted by atomic mass is 10.3. The van der Waals surface area contributed by atoms with Gasteiger partial charge in [-0.15, -0.1) is 0 Å². The number of hydrogen-bond acceptors (Lipinski definition) is 5. The van der Waals surface area contributed by atoms with Crippen molar-refractivity contribution < 1.29 is 4.74 Å². The highest BCUT2D eigenvalue weighted by atomic mass is 32.1. The Morgan fingerprint density at radius 2 is 2.43 bits per heavy atom. The molecule has 0 aliphatic carbocycles. The van der Waals surface area contributed by atoms with Gasteiger partial charge in [0.1, 0.15) is 16.6 Å². The topological polar surface area (TPSA) is 57.9 Å². The molecule has 0 aromatic carbocycles.